The maximum atomic E-state index is 5.99. The first-order valence-electron chi connectivity index (χ1n) is 5.27. The zero-order valence-electron chi connectivity index (χ0n) is 9.05. The van der Waals surface area contributed by atoms with Crippen molar-refractivity contribution >= 4 is 0 Å². The highest BCUT2D eigenvalue weighted by molar-refractivity contribution is 5.07. The lowest BCUT2D eigenvalue weighted by Crippen LogP contribution is -2.25. The molecule has 13 heavy (non-hydrogen) atoms. The van der Waals surface area contributed by atoms with Gasteiger partial charge >= 0.3 is 0 Å². The summed E-state index contributed by atoms with van der Waals surface area (Å²) in [7, 11) is 0. The molecule has 2 atom stereocenters. The molecule has 0 saturated heterocycles. The molecule has 0 radical (unpaired) electrons. The van der Waals surface area contributed by atoms with Gasteiger partial charge in [0.25, 0.3) is 0 Å². The van der Waals surface area contributed by atoms with Crippen LogP contribution in [0, 0.1) is 5.92 Å². The normalized spacial score (nSPS) is 15.4. The van der Waals surface area contributed by atoms with Crippen molar-refractivity contribution in [3.05, 3.63) is 12.2 Å². The summed E-state index contributed by atoms with van der Waals surface area (Å²) in [6.45, 7) is 9.17. The molecular weight excluding hydrogens is 160 g/mol. The summed E-state index contributed by atoms with van der Waals surface area (Å²) < 4.78 is 0. The number of nitrogens with two attached hydrogens (primary N) is 2. The van der Waals surface area contributed by atoms with Crippen molar-refractivity contribution in [1.82, 2.24) is 0 Å². The van der Waals surface area contributed by atoms with Crippen LogP contribution < -0.4 is 11.5 Å². The van der Waals surface area contributed by atoms with Crippen LogP contribution in [0.5, 0.6) is 0 Å². The fourth-order valence-corrected chi connectivity index (χ4v) is 1.32. The SMILES string of the molecule is C=C(C(C)CC)[C@@H](N)CCCCN. The van der Waals surface area contributed by atoms with E-state index in [0.717, 1.165) is 32.2 Å². The molecule has 0 amide bonds. The molecule has 1 unspecified atom stereocenters. The summed E-state index contributed by atoms with van der Waals surface area (Å²) in [5.41, 5.74) is 12.6. The molecule has 0 aliphatic carbocycles. The minimum absolute atomic E-state index is 0.168. The van der Waals surface area contributed by atoms with Gasteiger partial charge in [-0.05, 0) is 31.7 Å². The minimum atomic E-state index is 0.168. The van der Waals surface area contributed by atoms with Gasteiger partial charge in [0.1, 0.15) is 0 Å². The third kappa shape index (κ3) is 5.06. The molecule has 0 aliphatic rings. The van der Waals surface area contributed by atoms with Crippen molar-refractivity contribution in [2.24, 2.45) is 17.4 Å². The Labute approximate surface area is 82.4 Å². The molecule has 2 nitrogen and oxygen atoms in total. The fourth-order valence-electron chi connectivity index (χ4n) is 1.32. The summed E-state index contributed by atoms with van der Waals surface area (Å²) >= 11 is 0. The molecule has 0 fully saturated rings. The number of rotatable bonds is 7. The fraction of sp³-hybridized carbons (Fsp3) is 0.818. The van der Waals surface area contributed by atoms with E-state index in [0.29, 0.717) is 5.92 Å². The predicted molar refractivity (Wildman–Crippen MR) is 59.5 cm³/mol. The molecule has 2 heteroatoms. The lowest BCUT2D eigenvalue weighted by molar-refractivity contribution is 0.542. The van der Waals surface area contributed by atoms with Crippen molar-refractivity contribution in [2.45, 2.75) is 45.6 Å². The Morgan fingerprint density at radius 1 is 1.38 bits per heavy atom. The molecule has 0 saturated carbocycles. The Balaban J connectivity index is 3.69. The standard InChI is InChI=1S/C11H24N2/c1-4-9(2)10(3)11(13)7-5-6-8-12/h9,11H,3-8,12-13H2,1-2H3/t9?,11-/m0/s1. The third-order valence-electron chi connectivity index (χ3n) is 2.69. The Kier molecular flexibility index (Phi) is 6.92. The third-order valence-corrected chi connectivity index (χ3v) is 2.69. The van der Waals surface area contributed by atoms with Gasteiger partial charge in [-0.3, -0.25) is 0 Å². The van der Waals surface area contributed by atoms with Gasteiger partial charge in [-0.1, -0.05) is 32.4 Å². The summed E-state index contributed by atoms with van der Waals surface area (Å²) in [4.78, 5) is 0. The summed E-state index contributed by atoms with van der Waals surface area (Å²) in [5, 5.41) is 0. The molecular formula is C11H24N2. The number of hydrogen-bond donors (Lipinski definition) is 2. The largest absolute Gasteiger partial charge is 0.330 e. The van der Waals surface area contributed by atoms with Crippen LogP contribution in [0.2, 0.25) is 0 Å². The first kappa shape index (κ1) is 12.7. The highest BCUT2D eigenvalue weighted by Crippen LogP contribution is 2.17. The van der Waals surface area contributed by atoms with Crippen LogP contribution in [0.15, 0.2) is 12.2 Å². The topological polar surface area (TPSA) is 52.0 Å². The highest BCUT2D eigenvalue weighted by atomic mass is 14.6. The highest BCUT2D eigenvalue weighted by Gasteiger charge is 2.11. The van der Waals surface area contributed by atoms with Crippen LogP contribution in [-0.4, -0.2) is 12.6 Å². The van der Waals surface area contributed by atoms with Gasteiger partial charge in [-0.15, -0.1) is 0 Å². The van der Waals surface area contributed by atoms with E-state index in [2.05, 4.69) is 20.4 Å². The van der Waals surface area contributed by atoms with Crippen LogP contribution in [-0.2, 0) is 0 Å². The molecule has 0 spiro atoms. The maximum Gasteiger partial charge on any atom is 0.0253 e. The first-order valence-corrected chi connectivity index (χ1v) is 5.27. The van der Waals surface area contributed by atoms with E-state index in [9.17, 15) is 0 Å². The molecule has 0 aromatic carbocycles. The molecule has 4 N–H and O–H groups in total. The van der Waals surface area contributed by atoms with Crippen molar-refractivity contribution in [2.75, 3.05) is 6.54 Å². The Morgan fingerprint density at radius 3 is 2.46 bits per heavy atom. The van der Waals surface area contributed by atoms with Gasteiger partial charge in [0.15, 0.2) is 0 Å². The van der Waals surface area contributed by atoms with Gasteiger partial charge in [-0.2, -0.15) is 0 Å². The van der Waals surface area contributed by atoms with Gasteiger partial charge < -0.3 is 11.5 Å². The van der Waals surface area contributed by atoms with E-state index in [-0.39, 0.29) is 6.04 Å². The molecule has 0 aliphatic heterocycles. The van der Waals surface area contributed by atoms with E-state index in [1.807, 2.05) is 0 Å². The average Bonchev–Trinajstić information content (AvgIpc) is 2.15. The quantitative estimate of drug-likeness (QED) is 0.470. The molecule has 0 bridgehead atoms. The molecule has 0 heterocycles. The van der Waals surface area contributed by atoms with E-state index in [4.69, 9.17) is 11.5 Å². The Bertz CT molecular complexity index is 143. The van der Waals surface area contributed by atoms with Crippen LogP contribution in [0.3, 0.4) is 0 Å². The average molecular weight is 184 g/mol. The van der Waals surface area contributed by atoms with Crippen LogP contribution in [0.4, 0.5) is 0 Å². The Morgan fingerprint density at radius 2 is 2.00 bits per heavy atom. The molecule has 0 aromatic heterocycles. The maximum absolute atomic E-state index is 5.99. The first-order chi connectivity index (χ1) is 6.13. The summed E-state index contributed by atoms with van der Waals surface area (Å²) in [5.74, 6) is 0.549. The second-order valence-electron chi connectivity index (χ2n) is 3.78. The second-order valence-corrected chi connectivity index (χ2v) is 3.78. The van der Waals surface area contributed by atoms with E-state index in [1.54, 1.807) is 0 Å². The van der Waals surface area contributed by atoms with Gasteiger partial charge in [0, 0.05) is 6.04 Å². The van der Waals surface area contributed by atoms with Gasteiger partial charge in [0.05, 0.1) is 0 Å². The summed E-state index contributed by atoms with van der Waals surface area (Å²) in [6, 6.07) is 0.168. The minimum Gasteiger partial charge on any atom is -0.330 e. The summed E-state index contributed by atoms with van der Waals surface area (Å²) in [6.07, 6.45) is 4.35. The van der Waals surface area contributed by atoms with Crippen molar-refractivity contribution < 1.29 is 0 Å². The lowest BCUT2D eigenvalue weighted by atomic mass is 9.91. The van der Waals surface area contributed by atoms with Crippen LogP contribution in [0.25, 0.3) is 0 Å². The zero-order chi connectivity index (χ0) is 10.3. The van der Waals surface area contributed by atoms with Crippen LogP contribution in [0.1, 0.15) is 39.5 Å². The van der Waals surface area contributed by atoms with Crippen molar-refractivity contribution in [3.63, 3.8) is 0 Å². The van der Waals surface area contributed by atoms with E-state index < -0.39 is 0 Å². The second kappa shape index (κ2) is 7.10. The Hall–Kier alpha value is -0.340. The molecule has 0 aromatic rings. The van der Waals surface area contributed by atoms with Gasteiger partial charge in [0.2, 0.25) is 0 Å². The van der Waals surface area contributed by atoms with Crippen molar-refractivity contribution in [1.29, 1.82) is 0 Å². The van der Waals surface area contributed by atoms with Crippen LogP contribution >= 0.6 is 0 Å². The molecule has 0 rings (SSSR count). The van der Waals surface area contributed by atoms with Gasteiger partial charge in [-0.25, -0.2) is 0 Å². The lowest BCUT2D eigenvalue weighted by Gasteiger charge is -2.19. The van der Waals surface area contributed by atoms with Crippen molar-refractivity contribution in [3.8, 4) is 0 Å². The zero-order valence-corrected chi connectivity index (χ0v) is 9.05. The smallest absolute Gasteiger partial charge is 0.0253 e. The number of hydrogen-bond acceptors (Lipinski definition) is 2. The van der Waals surface area contributed by atoms with E-state index in [1.165, 1.54) is 5.57 Å². The predicted octanol–water partition coefficient (Wildman–Crippen LogP) is 2.05. The van der Waals surface area contributed by atoms with E-state index >= 15 is 0 Å². The monoisotopic (exact) mass is 184 g/mol. The molecule has 78 valence electrons. The number of unbranched alkanes of at least 4 members (excludes halogenated alkanes) is 1.